The first-order chi connectivity index (χ1) is 18.3. The number of amides is 1. The SMILES string of the molecule is CC(C)(OC(=O)OCc1ccc([N+](=O)[O-])cc1)[C@@H]1C(=O)N2[C@@H]1CC(=O)[C@]2(Cc1ccc([N+](=O)[O-])cc1)C(=O)O. The fourth-order valence-electron chi connectivity index (χ4n) is 5.16. The number of nitrogens with zero attached hydrogens (tertiary/aromatic N) is 3. The van der Waals surface area contributed by atoms with Crippen LogP contribution in [0.4, 0.5) is 16.2 Å². The van der Waals surface area contributed by atoms with Gasteiger partial charge in [0, 0.05) is 37.1 Å². The molecule has 2 aromatic rings. The topological polar surface area (TPSA) is 196 Å². The summed E-state index contributed by atoms with van der Waals surface area (Å²) in [5, 5.41) is 31.7. The number of β-lactam (4-membered cyclic amide) rings is 1. The van der Waals surface area contributed by atoms with Crippen molar-refractivity contribution in [1.82, 2.24) is 4.90 Å². The van der Waals surface area contributed by atoms with Crippen molar-refractivity contribution in [2.24, 2.45) is 5.92 Å². The second kappa shape index (κ2) is 9.78. The fourth-order valence-corrected chi connectivity index (χ4v) is 5.16. The van der Waals surface area contributed by atoms with Gasteiger partial charge in [-0.3, -0.25) is 29.8 Å². The van der Waals surface area contributed by atoms with Gasteiger partial charge in [0.2, 0.25) is 11.4 Å². The zero-order valence-corrected chi connectivity index (χ0v) is 20.8. The lowest BCUT2D eigenvalue weighted by molar-refractivity contribution is -0.385. The van der Waals surface area contributed by atoms with Crippen LogP contribution in [0.1, 0.15) is 31.4 Å². The van der Waals surface area contributed by atoms with Crippen molar-refractivity contribution in [3.8, 4) is 0 Å². The Balaban J connectivity index is 1.45. The molecule has 0 spiro atoms. The van der Waals surface area contributed by atoms with E-state index >= 15 is 0 Å². The second-order valence-electron chi connectivity index (χ2n) is 9.81. The second-order valence-corrected chi connectivity index (χ2v) is 9.81. The number of fused-ring (bicyclic) bond motifs is 1. The minimum atomic E-state index is -2.19. The van der Waals surface area contributed by atoms with Crippen molar-refractivity contribution in [3.63, 3.8) is 0 Å². The Hall–Kier alpha value is -4.88. The van der Waals surface area contributed by atoms with Gasteiger partial charge >= 0.3 is 12.1 Å². The molecule has 0 bridgehead atoms. The molecule has 2 fully saturated rings. The van der Waals surface area contributed by atoms with Crippen LogP contribution in [0.15, 0.2) is 48.5 Å². The van der Waals surface area contributed by atoms with Gasteiger partial charge < -0.3 is 19.5 Å². The van der Waals surface area contributed by atoms with E-state index in [0.717, 1.165) is 4.90 Å². The average molecular weight is 541 g/mol. The first-order valence-electron chi connectivity index (χ1n) is 11.7. The van der Waals surface area contributed by atoms with Crippen LogP contribution in [-0.2, 0) is 36.9 Å². The number of hydrogen-bond donors (Lipinski definition) is 1. The number of nitro benzene ring substituents is 2. The van der Waals surface area contributed by atoms with E-state index in [1.54, 1.807) is 0 Å². The molecule has 2 aliphatic heterocycles. The number of Topliss-reactive ketones (excluding diaryl/α,β-unsaturated/α-hetero) is 1. The van der Waals surface area contributed by atoms with Crippen LogP contribution in [0.2, 0.25) is 0 Å². The number of non-ortho nitro benzene ring substituents is 2. The Morgan fingerprint density at radius 2 is 1.51 bits per heavy atom. The molecule has 0 unspecified atom stereocenters. The maximum absolute atomic E-state index is 13.3. The number of rotatable bonds is 9. The molecular formula is C25H23N3O11. The van der Waals surface area contributed by atoms with E-state index in [1.165, 1.54) is 62.4 Å². The van der Waals surface area contributed by atoms with Gasteiger partial charge in [-0.2, -0.15) is 0 Å². The van der Waals surface area contributed by atoms with Gasteiger partial charge in [0.25, 0.3) is 11.4 Å². The average Bonchev–Trinajstić information content (AvgIpc) is 3.10. The van der Waals surface area contributed by atoms with Crippen LogP contribution in [0, 0.1) is 26.1 Å². The zero-order chi connectivity index (χ0) is 28.7. The number of aliphatic carboxylic acids is 1. The zero-order valence-electron chi connectivity index (χ0n) is 20.8. The predicted molar refractivity (Wildman–Crippen MR) is 129 cm³/mol. The third-order valence-corrected chi connectivity index (χ3v) is 7.05. The van der Waals surface area contributed by atoms with Gasteiger partial charge in [-0.15, -0.1) is 0 Å². The highest BCUT2D eigenvalue weighted by molar-refractivity contribution is 6.15. The summed E-state index contributed by atoms with van der Waals surface area (Å²) in [6.45, 7) is 2.64. The summed E-state index contributed by atoms with van der Waals surface area (Å²) in [7, 11) is 0. The molecule has 0 saturated carbocycles. The van der Waals surface area contributed by atoms with Crippen molar-refractivity contribution in [1.29, 1.82) is 0 Å². The van der Waals surface area contributed by atoms with Gasteiger partial charge in [0.15, 0.2) is 5.78 Å². The molecule has 2 aliphatic rings. The highest BCUT2D eigenvalue weighted by atomic mass is 16.7. The summed E-state index contributed by atoms with van der Waals surface area (Å²) in [6.07, 6.45) is -1.78. The van der Waals surface area contributed by atoms with Gasteiger partial charge in [0.05, 0.1) is 21.8 Å². The summed E-state index contributed by atoms with van der Waals surface area (Å²) >= 11 is 0. The standard InChI is InChI=1S/C25H23N3O11/c1-24(2,39-23(33)38-13-15-5-9-17(10-6-15)28(36)37)20-18-11-19(29)25(22(31)32,26(18)21(20)30)12-14-3-7-16(8-4-14)27(34)35/h3-10,18,20H,11-13H2,1-2H3,(H,31,32)/t18-,20+,25-/m1/s1. The molecule has 0 radical (unpaired) electrons. The lowest BCUT2D eigenvalue weighted by Gasteiger charge is -2.52. The third-order valence-electron chi connectivity index (χ3n) is 7.05. The number of carbonyl (C=O) groups excluding carboxylic acids is 3. The number of carboxylic acids is 1. The lowest BCUT2D eigenvalue weighted by Crippen LogP contribution is -2.73. The van der Waals surface area contributed by atoms with Crippen LogP contribution in [0.25, 0.3) is 0 Å². The Labute approximate surface area is 220 Å². The Bertz CT molecular complexity index is 1370. The highest BCUT2D eigenvalue weighted by Crippen LogP contribution is 2.50. The number of benzene rings is 2. The first kappa shape index (κ1) is 27.2. The molecular weight excluding hydrogens is 518 g/mol. The number of nitro groups is 2. The fraction of sp³-hybridized carbons (Fsp3) is 0.360. The summed E-state index contributed by atoms with van der Waals surface area (Å²) in [6, 6.07) is 9.49. The van der Waals surface area contributed by atoms with Crippen LogP contribution >= 0.6 is 0 Å². The Morgan fingerprint density at radius 1 is 1.00 bits per heavy atom. The number of carboxylic acid groups (broad SMARTS) is 1. The minimum absolute atomic E-state index is 0.132. The number of carbonyl (C=O) groups is 4. The smallest absolute Gasteiger partial charge is 0.479 e. The van der Waals surface area contributed by atoms with Crippen molar-refractivity contribution in [2.75, 3.05) is 0 Å². The first-order valence-corrected chi connectivity index (χ1v) is 11.7. The van der Waals surface area contributed by atoms with Gasteiger partial charge in [-0.1, -0.05) is 12.1 Å². The summed E-state index contributed by atoms with van der Waals surface area (Å²) < 4.78 is 10.5. The van der Waals surface area contributed by atoms with Crippen molar-refractivity contribution in [2.45, 2.75) is 50.5 Å². The van der Waals surface area contributed by atoms with Crippen LogP contribution < -0.4 is 0 Å². The molecule has 4 rings (SSSR count). The molecule has 39 heavy (non-hydrogen) atoms. The van der Waals surface area contributed by atoms with Crippen molar-refractivity contribution in [3.05, 3.63) is 79.9 Å². The normalized spacial score (nSPS) is 22.1. The summed E-state index contributed by atoms with van der Waals surface area (Å²) in [5.41, 5.74) is -3.22. The molecule has 204 valence electrons. The van der Waals surface area contributed by atoms with Crippen molar-refractivity contribution < 1.29 is 43.6 Å². The maximum atomic E-state index is 13.3. The van der Waals surface area contributed by atoms with E-state index in [4.69, 9.17) is 9.47 Å². The number of ketones is 1. The number of ether oxygens (including phenoxy) is 2. The van der Waals surface area contributed by atoms with Crippen LogP contribution in [-0.4, -0.2) is 60.8 Å². The van der Waals surface area contributed by atoms with E-state index in [9.17, 15) is 44.5 Å². The molecule has 1 N–H and O–H groups in total. The molecule has 2 saturated heterocycles. The maximum Gasteiger partial charge on any atom is 0.509 e. The van der Waals surface area contributed by atoms with Crippen LogP contribution in [0.5, 0.6) is 0 Å². The van der Waals surface area contributed by atoms with E-state index in [1.807, 2.05) is 0 Å². The molecule has 2 aromatic carbocycles. The van der Waals surface area contributed by atoms with Gasteiger partial charge in [-0.05, 0) is 37.1 Å². The number of hydrogen-bond acceptors (Lipinski definition) is 10. The van der Waals surface area contributed by atoms with Crippen LogP contribution in [0.3, 0.4) is 0 Å². The molecule has 0 aliphatic carbocycles. The van der Waals surface area contributed by atoms with Crippen molar-refractivity contribution >= 4 is 35.2 Å². The van der Waals surface area contributed by atoms with Gasteiger partial charge in [-0.25, -0.2) is 9.59 Å². The minimum Gasteiger partial charge on any atom is -0.479 e. The highest BCUT2D eigenvalue weighted by Gasteiger charge is 2.71. The molecule has 2 heterocycles. The Kier molecular flexibility index (Phi) is 6.81. The van der Waals surface area contributed by atoms with Gasteiger partial charge in [0.1, 0.15) is 12.2 Å². The van der Waals surface area contributed by atoms with E-state index in [2.05, 4.69) is 0 Å². The monoisotopic (exact) mass is 541 g/mol. The van der Waals surface area contributed by atoms with E-state index < -0.39 is 56.8 Å². The largest absolute Gasteiger partial charge is 0.509 e. The third kappa shape index (κ3) is 4.76. The molecule has 14 heteroatoms. The summed E-state index contributed by atoms with van der Waals surface area (Å²) in [4.78, 5) is 72.6. The quantitative estimate of drug-likeness (QED) is 0.161. The van der Waals surface area contributed by atoms with E-state index in [0.29, 0.717) is 11.1 Å². The molecule has 1 amide bonds. The molecule has 3 atom stereocenters. The predicted octanol–water partition coefficient (Wildman–Crippen LogP) is 2.80. The lowest BCUT2D eigenvalue weighted by atomic mass is 9.75. The molecule has 14 nitrogen and oxygen atoms in total. The summed E-state index contributed by atoms with van der Waals surface area (Å²) in [5.74, 6) is -3.94. The molecule has 0 aromatic heterocycles. The van der Waals surface area contributed by atoms with E-state index in [-0.39, 0.29) is 30.8 Å². The Morgan fingerprint density at radius 3 is 2.00 bits per heavy atom.